The highest BCUT2D eigenvalue weighted by atomic mass is 79.9. The summed E-state index contributed by atoms with van der Waals surface area (Å²) in [5.74, 6) is -0.843. The van der Waals surface area contributed by atoms with Gasteiger partial charge in [0.05, 0.1) is 10.6 Å². The molecule has 30 heavy (non-hydrogen) atoms. The fourth-order valence-electron chi connectivity index (χ4n) is 2.88. The second-order valence-electron chi connectivity index (χ2n) is 6.45. The van der Waals surface area contributed by atoms with Gasteiger partial charge in [-0.25, -0.2) is 0 Å². The van der Waals surface area contributed by atoms with Crippen molar-refractivity contribution in [1.82, 2.24) is 20.8 Å². The Balaban J connectivity index is 1.77. The summed E-state index contributed by atoms with van der Waals surface area (Å²) < 4.78 is 0.872. The maximum atomic E-state index is 12.7. The summed E-state index contributed by atoms with van der Waals surface area (Å²) in [7, 11) is 1.50. The SMILES string of the molecule is CNC(=O)[C@H](Cc1cccc(Br)c1)NC(=O)c1cc(-c2cccc([N+](=O)[O-])c2)n[nH]1. The third-order valence-electron chi connectivity index (χ3n) is 4.37. The maximum absolute atomic E-state index is 12.7. The molecular weight excluding hydrogens is 454 g/mol. The van der Waals surface area contributed by atoms with Gasteiger partial charge in [-0.1, -0.05) is 40.2 Å². The first-order valence-corrected chi connectivity index (χ1v) is 9.74. The second-order valence-corrected chi connectivity index (χ2v) is 7.36. The Morgan fingerprint density at radius 3 is 2.67 bits per heavy atom. The summed E-state index contributed by atoms with van der Waals surface area (Å²) in [6.45, 7) is 0. The van der Waals surface area contributed by atoms with E-state index in [1.807, 2.05) is 24.3 Å². The lowest BCUT2D eigenvalue weighted by Gasteiger charge is -2.17. The van der Waals surface area contributed by atoms with Crippen molar-refractivity contribution in [3.63, 3.8) is 0 Å². The number of likely N-dealkylation sites (N-methyl/N-ethyl adjacent to an activating group) is 1. The van der Waals surface area contributed by atoms with Gasteiger partial charge in [-0.2, -0.15) is 5.10 Å². The summed E-state index contributed by atoms with van der Waals surface area (Å²) in [6.07, 6.45) is 0.302. The van der Waals surface area contributed by atoms with E-state index in [4.69, 9.17) is 0 Å². The van der Waals surface area contributed by atoms with Crippen molar-refractivity contribution >= 4 is 33.4 Å². The maximum Gasteiger partial charge on any atom is 0.270 e. The van der Waals surface area contributed by atoms with Gasteiger partial charge in [-0.15, -0.1) is 0 Å². The van der Waals surface area contributed by atoms with Crippen molar-refractivity contribution in [1.29, 1.82) is 0 Å². The Morgan fingerprint density at radius 2 is 1.97 bits per heavy atom. The summed E-state index contributed by atoms with van der Waals surface area (Å²) >= 11 is 3.39. The molecule has 0 unspecified atom stereocenters. The molecule has 0 bridgehead atoms. The number of nitrogens with one attached hydrogen (secondary N) is 3. The number of halogens is 1. The van der Waals surface area contributed by atoms with Crippen LogP contribution in [-0.2, 0) is 11.2 Å². The fraction of sp³-hybridized carbons (Fsp3) is 0.150. The largest absolute Gasteiger partial charge is 0.357 e. The van der Waals surface area contributed by atoms with E-state index in [2.05, 4.69) is 36.8 Å². The third kappa shape index (κ3) is 5.09. The first kappa shape index (κ1) is 21.2. The van der Waals surface area contributed by atoms with Gasteiger partial charge in [0.25, 0.3) is 11.6 Å². The first-order chi connectivity index (χ1) is 14.4. The Kier molecular flexibility index (Phi) is 6.58. The molecule has 0 aliphatic carbocycles. The van der Waals surface area contributed by atoms with Gasteiger partial charge in [0.1, 0.15) is 11.7 Å². The van der Waals surface area contributed by atoms with Gasteiger partial charge in [-0.3, -0.25) is 24.8 Å². The minimum atomic E-state index is -0.790. The third-order valence-corrected chi connectivity index (χ3v) is 4.87. The number of aromatic amines is 1. The molecule has 3 N–H and O–H groups in total. The minimum Gasteiger partial charge on any atom is -0.357 e. The summed E-state index contributed by atoms with van der Waals surface area (Å²) in [4.78, 5) is 35.4. The Labute approximate surface area is 180 Å². The minimum absolute atomic E-state index is 0.0739. The molecule has 1 aromatic heterocycles. The van der Waals surface area contributed by atoms with Crippen LogP contribution in [0, 0.1) is 10.1 Å². The molecule has 3 aromatic rings. The average molecular weight is 472 g/mol. The predicted octanol–water partition coefficient (Wildman–Crippen LogP) is 2.83. The van der Waals surface area contributed by atoms with Crippen LogP contribution in [0.1, 0.15) is 16.1 Å². The number of carbonyl (C=O) groups is 2. The molecule has 0 saturated heterocycles. The average Bonchev–Trinajstić information content (AvgIpc) is 3.23. The van der Waals surface area contributed by atoms with Crippen LogP contribution in [0.25, 0.3) is 11.3 Å². The summed E-state index contributed by atoms with van der Waals surface area (Å²) in [5.41, 5.74) is 1.82. The molecule has 0 aliphatic rings. The summed E-state index contributed by atoms with van der Waals surface area (Å²) in [5, 5.41) is 22.9. The highest BCUT2D eigenvalue weighted by molar-refractivity contribution is 9.10. The Morgan fingerprint density at radius 1 is 1.20 bits per heavy atom. The molecule has 9 nitrogen and oxygen atoms in total. The topological polar surface area (TPSA) is 130 Å². The molecule has 0 spiro atoms. The molecule has 0 aliphatic heterocycles. The smallest absolute Gasteiger partial charge is 0.270 e. The van der Waals surface area contributed by atoms with Crippen LogP contribution in [0.4, 0.5) is 5.69 Å². The number of amides is 2. The lowest BCUT2D eigenvalue weighted by Crippen LogP contribution is -2.47. The van der Waals surface area contributed by atoms with Crippen molar-refractivity contribution in [3.8, 4) is 11.3 Å². The number of hydrogen-bond acceptors (Lipinski definition) is 5. The Bertz CT molecular complexity index is 1100. The van der Waals surface area contributed by atoms with E-state index in [9.17, 15) is 19.7 Å². The van der Waals surface area contributed by atoms with E-state index in [-0.39, 0.29) is 17.3 Å². The standard InChI is InChI=1S/C20H18BrN5O4/c1-22-19(27)17(9-12-4-2-6-14(21)8-12)23-20(28)18-11-16(24-25-18)13-5-3-7-15(10-13)26(29)30/h2-8,10-11,17H,9H2,1H3,(H,22,27)(H,23,28)(H,24,25)/t17-/m0/s1. The molecule has 1 atom stereocenters. The zero-order chi connectivity index (χ0) is 21.7. The number of hydrogen-bond donors (Lipinski definition) is 3. The number of nitro benzene ring substituents is 1. The van der Waals surface area contributed by atoms with E-state index in [1.54, 1.807) is 12.1 Å². The van der Waals surface area contributed by atoms with Crippen LogP contribution in [0.5, 0.6) is 0 Å². The molecule has 0 radical (unpaired) electrons. The number of nitrogens with zero attached hydrogens (tertiary/aromatic N) is 2. The van der Waals surface area contributed by atoms with Gasteiger partial charge in [0.15, 0.2) is 0 Å². The molecule has 0 saturated carbocycles. The molecule has 1 heterocycles. The predicted molar refractivity (Wildman–Crippen MR) is 114 cm³/mol. The monoisotopic (exact) mass is 471 g/mol. The van der Waals surface area contributed by atoms with Crippen LogP contribution < -0.4 is 10.6 Å². The van der Waals surface area contributed by atoms with E-state index in [0.717, 1.165) is 10.0 Å². The van der Waals surface area contributed by atoms with Crippen LogP contribution in [-0.4, -0.2) is 40.0 Å². The molecule has 2 aromatic carbocycles. The van der Waals surface area contributed by atoms with Crippen LogP contribution >= 0.6 is 15.9 Å². The number of non-ortho nitro benzene ring substituents is 1. The quantitative estimate of drug-likeness (QED) is 0.360. The second kappa shape index (κ2) is 9.31. The number of aromatic nitrogens is 2. The lowest BCUT2D eigenvalue weighted by molar-refractivity contribution is -0.384. The number of rotatable bonds is 7. The van der Waals surface area contributed by atoms with Gasteiger partial charge >= 0.3 is 0 Å². The van der Waals surface area contributed by atoms with Crippen LogP contribution in [0.3, 0.4) is 0 Å². The van der Waals surface area contributed by atoms with Gasteiger partial charge < -0.3 is 10.6 Å². The molecule has 3 rings (SSSR count). The number of benzene rings is 2. The van der Waals surface area contributed by atoms with Gasteiger partial charge in [-0.05, 0) is 23.8 Å². The zero-order valence-corrected chi connectivity index (χ0v) is 17.5. The normalized spacial score (nSPS) is 11.5. The lowest BCUT2D eigenvalue weighted by atomic mass is 10.0. The van der Waals surface area contributed by atoms with Gasteiger partial charge in [0.2, 0.25) is 5.91 Å². The van der Waals surface area contributed by atoms with E-state index in [1.165, 1.54) is 25.2 Å². The van der Waals surface area contributed by atoms with E-state index < -0.39 is 16.9 Å². The van der Waals surface area contributed by atoms with Crippen LogP contribution in [0.15, 0.2) is 59.1 Å². The highest BCUT2D eigenvalue weighted by Crippen LogP contribution is 2.22. The summed E-state index contributed by atoms with van der Waals surface area (Å²) in [6, 6.07) is 14.1. The number of H-pyrrole nitrogens is 1. The van der Waals surface area contributed by atoms with E-state index >= 15 is 0 Å². The number of carbonyl (C=O) groups excluding carboxylic acids is 2. The van der Waals surface area contributed by atoms with Crippen molar-refractivity contribution < 1.29 is 14.5 Å². The highest BCUT2D eigenvalue weighted by Gasteiger charge is 2.22. The Hall–Kier alpha value is -3.53. The van der Waals surface area contributed by atoms with Gasteiger partial charge in [0, 0.05) is 35.6 Å². The van der Waals surface area contributed by atoms with Crippen molar-refractivity contribution in [3.05, 3.63) is 80.4 Å². The molecule has 10 heteroatoms. The van der Waals surface area contributed by atoms with Crippen molar-refractivity contribution in [2.24, 2.45) is 0 Å². The van der Waals surface area contributed by atoms with E-state index in [0.29, 0.717) is 17.7 Å². The van der Waals surface area contributed by atoms with Crippen LogP contribution in [0.2, 0.25) is 0 Å². The molecule has 2 amide bonds. The zero-order valence-electron chi connectivity index (χ0n) is 15.9. The fourth-order valence-corrected chi connectivity index (χ4v) is 3.33. The molecule has 154 valence electrons. The number of nitro groups is 1. The van der Waals surface area contributed by atoms with Crippen molar-refractivity contribution in [2.75, 3.05) is 7.05 Å². The first-order valence-electron chi connectivity index (χ1n) is 8.94. The molecule has 0 fully saturated rings. The van der Waals surface area contributed by atoms with Crippen molar-refractivity contribution in [2.45, 2.75) is 12.5 Å². The molecular formula is C20H18BrN5O4.